The van der Waals surface area contributed by atoms with Crippen LogP contribution in [0.5, 0.6) is 0 Å². The monoisotopic (exact) mass is 351 g/mol. The molecule has 2 aliphatic rings. The van der Waals surface area contributed by atoms with Crippen molar-refractivity contribution in [2.45, 2.75) is 16.7 Å². The van der Waals surface area contributed by atoms with Crippen LogP contribution in [-0.2, 0) is 0 Å². The molecule has 2 aliphatic heterocycles. The number of amides is 1. The molecule has 0 atom stereocenters. The summed E-state index contributed by atoms with van der Waals surface area (Å²) in [7, 11) is 2.09. The highest BCUT2D eigenvalue weighted by Gasteiger charge is 2.22. The zero-order chi connectivity index (χ0) is 17.4. The molecule has 4 nitrogen and oxygen atoms in total. The van der Waals surface area contributed by atoms with Gasteiger partial charge >= 0.3 is 0 Å². The molecule has 4 rings (SSSR count). The number of benzene rings is 2. The Kier molecular flexibility index (Phi) is 4.36. The van der Waals surface area contributed by atoms with Crippen molar-refractivity contribution in [1.29, 1.82) is 0 Å². The van der Waals surface area contributed by atoms with Crippen molar-refractivity contribution in [2.24, 2.45) is 4.99 Å². The number of likely N-dealkylation sites (N-methyl/N-ethyl adjacent to an activating group) is 1. The molecular weight excluding hydrogens is 330 g/mol. The molecule has 2 aromatic rings. The molecule has 2 heterocycles. The Balaban J connectivity index is 1.65. The zero-order valence-corrected chi connectivity index (χ0v) is 15.3. The Morgan fingerprint density at radius 2 is 1.80 bits per heavy atom. The van der Waals surface area contributed by atoms with E-state index >= 15 is 0 Å². The smallest absolute Gasteiger partial charge is 0.254 e. The molecule has 1 saturated heterocycles. The van der Waals surface area contributed by atoms with Gasteiger partial charge in [-0.15, -0.1) is 0 Å². The van der Waals surface area contributed by atoms with E-state index in [0.717, 1.165) is 53.6 Å². The van der Waals surface area contributed by atoms with E-state index in [0.29, 0.717) is 0 Å². The number of hydrogen-bond acceptors (Lipinski definition) is 4. The molecule has 0 N–H and O–H groups in total. The summed E-state index contributed by atoms with van der Waals surface area (Å²) in [6, 6.07) is 14.2. The first-order chi connectivity index (χ1) is 12.1. The molecule has 1 fully saturated rings. The maximum Gasteiger partial charge on any atom is 0.254 e. The molecule has 25 heavy (non-hydrogen) atoms. The molecule has 5 heteroatoms. The van der Waals surface area contributed by atoms with E-state index in [1.165, 1.54) is 4.90 Å². The van der Waals surface area contributed by atoms with Gasteiger partial charge in [-0.05, 0) is 38.2 Å². The van der Waals surface area contributed by atoms with E-state index in [4.69, 9.17) is 4.99 Å². The van der Waals surface area contributed by atoms with Gasteiger partial charge in [0.15, 0.2) is 0 Å². The second kappa shape index (κ2) is 6.65. The Hall–Kier alpha value is -2.11. The number of fused-ring (bicyclic) bond motifs is 2. The lowest BCUT2D eigenvalue weighted by atomic mass is 10.1. The Bertz CT molecular complexity index is 854. The number of carbonyl (C=O) groups is 1. The number of carbonyl (C=O) groups excluding carboxylic acids is 1. The summed E-state index contributed by atoms with van der Waals surface area (Å²) in [6.45, 7) is 5.46. The molecule has 0 spiro atoms. The first-order valence-electron chi connectivity index (χ1n) is 8.56. The summed E-state index contributed by atoms with van der Waals surface area (Å²) in [6.07, 6.45) is 0. The van der Waals surface area contributed by atoms with Crippen LogP contribution in [0.4, 0.5) is 5.69 Å². The maximum atomic E-state index is 12.8. The standard InChI is InChI=1S/C20H21N3OS/c1-14-16-5-3-4-6-18(16)25-19-8-7-15(13-17(19)21-14)20(24)23-11-9-22(2)10-12-23/h3-8,13H,9-12H2,1-2H3. The number of aliphatic imine (C=N–C) groups is 1. The summed E-state index contributed by atoms with van der Waals surface area (Å²) in [5.41, 5.74) is 3.77. The second-order valence-electron chi connectivity index (χ2n) is 6.57. The summed E-state index contributed by atoms with van der Waals surface area (Å²) in [5, 5.41) is 0. The third-order valence-electron chi connectivity index (χ3n) is 4.78. The molecule has 0 aromatic heterocycles. The van der Waals surface area contributed by atoms with Crippen LogP contribution in [0.3, 0.4) is 0 Å². The van der Waals surface area contributed by atoms with E-state index in [9.17, 15) is 4.79 Å². The third kappa shape index (κ3) is 3.22. The highest BCUT2D eigenvalue weighted by atomic mass is 32.2. The van der Waals surface area contributed by atoms with Gasteiger partial charge in [0.05, 0.1) is 5.69 Å². The third-order valence-corrected chi connectivity index (χ3v) is 5.92. The molecular formula is C20H21N3OS. The van der Waals surface area contributed by atoms with Crippen molar-refractivity contribution < 1.29 is 4.79 Å². The van der Waals surface area contributed by atoms with E-state index in [1.54, 1.807) is 11.8 Å². The minimum atomic E-state index is 0.107. The summed E-state index contributed by atoms with van der Waals surface area (Å²) < 4.78 is 0. The van der Waals surface area contributed by atoms with Crippen molar-refractivity contribution in [3.63, 3.8) is 0 Å². The SMILES string of the molecule is CC1=Nc2cc(C(=O)N3CCN(C)CC3)ccc2Sc2ccccc21. The van der Waals surface area contributed by atoms with Crippen molar-refractivity contribution in [3.05, 3.63) is 53.6 Å². The van der Waals surface area contributed by atoms with E-state index in [2.05, 4.69) is 30.1 Å². The van der Waals surface area contributed by atoms with Gasteiger partial charge in [0, 0.05) is 52.8 Å². The predicted molar refractivity (Wildman–Crippen MR) is 102 cm³/mol. The summed E-state index contributed by atoms with van der Waals surface area (Å²) in [4.78, 5) is 24.1. The lowest BCUT2D eigenvalue weighted by Gasteiger charge is -2.32. The minimum Gasteiger partial charge on any atom is -0.336 e. The van der Waals surface area contributed by atoms with E-state index < -0.39 is 0 Å². The highest BCUT2D eigenvalue weighted by molar-refractivity contribution is 7.99. The molecule has 128 valence electrons. The average Bonchev–Trinajstić information content (AvgIpc) is 2.77. The van der Waals surface area contributed by atoms with Gasteiger partial charge in [-0.3, -0.25) is 9.79 Å². The molecule has 1 amide bonds. The predicted octanol–water partition coefficient (Wildman–Crippen LogP) is 3.68. The molecule has 0 radical (unpaired) electrons. The summed E-state index contributed by atoms with van der Waals surface area (Å²) >= 11 is 1.72. The van der Waals surface area contributed by atoms with Gasteiger partial charge in [-0.2, -0.15) is 0 Å². The van der Waals surface area contributed by atoms with Gasteiger partial charge in [0.1, 0.15) is 0 Å². The number of piperazine rings is 1. The molecule has 0 aliphatic carbocycles. The maximum absolute atomic E-state index is 12.8. The van der Waals surface area contributed by atoms with Crippen molar-refractivity contribution in [1.82, 2.24) is 9.80 Å². The fraction of sp³-hybridized carbons (Fsp3) is 0.300. The van der Waals surface area contributed by atoms with Crippen LogP contribution >= 0.6 is 11.8 Å². The van der Waals surface area contributed by atoms with Crippen LogP contribution in [0.25, 0.3) is 0 Å². The first kappa shape index (κ1) is 16.4. The van der Waals surface area contributed by atoms with Gasteiger partial charge in [-0.1, -0.05) is 30.0 Å². The molecule has 0 bridgehead atoms. The minimum absolute atomic E-state index is 0.107. The topological polar surface area (TPSA) is 35.9 Å². The van der Waals surface area contributed by atoms with Gasteiger partial charge < -0.3 is 9.80 Å². The molecule has 2 aromatic carbocycles. The molecule has 0 saturated carbocycles. The number of hydrogen-bond donors (Lipinski definition) is 0. The zero-order valence-electron chi connectivity index (χ0n) is 14.5. The van der Waals surface area contributed by atoms with Crippen molar-refractivity contribution in [3.8, 4) is 0 Å². The Labute approximate surface area is 152 Å². The normalized spacial score (nSPS) is 17.4. The van der Waals surface area contributed by atoms with Crippen molar-refractivity contribution >= 4 is 29.1 Å². The van der Waals surface area contributed by atoms with Crippen LogP contribution in [0.15, 0.2) is 57.2 Å². The number of rotatable bonds is 1. The van der Waals surface area contributed by atoms with Gasteiger partial charge in [-0.25, -0.2) is 0 Å². The highest BCUT2D eigenvalue weighted by Crippen LogP contribution is 2.40. The van der Waals surface area contributed by atoms with Crippen LogP contribution in [0.2, 0.25) is 0 Å². The second-order valence-corrected chi connectivity index (χ2v) is 7.66. The largest absolute Gasteiger partial charge is 0.336 e. The van der Waals surface area contributed by atoms with Gasteiger partial charge in [0.25, 0.3) is 5.91 Å². The fourth-order valence-electron chi connectivity index (χ4n) is 3.23. The number of nitrogens with zero attached hydrogens (tertiary/aromatic N) is 3. The lowest BCUT2D eigenvalue weighted by molar-refractivity contribution is 0.0664. The fourth-order valence-corrected chi connectivity index (χ4v) is 4.28. The van der Waals surface area contributed by atoms with Gasteiger partial charge in [0.2, 0.25) is 0 Å². The van der Waals surface area contributed by atoms with Crippen LogP contribution in [0.1, 0.15) is 22.8 Å². The summed E-state index contributed by atoms with van der Waals surface area (Å²) in [5.74, 6) is 0.107. The van der Waals surface area contributed by atoms with Crippen molar-refractivity contribution in [2.75, 3.05) is 33.2 Å². The quantitative estimate of drug-likeness (QED) is 0.786. The lowest BCUT2D eigenvalue weighted by Crippen LogP contribution is -2.47. The Morgan fingerprint density at radius 3 is 2.60 bits per heavy atom. The first-order valence-corrected chi connectivity index (χ1v) is 9.38. The van der Waals surface area contributed by atoms with Crippen LogP contribution in [-0.4, -0.2) is 54.6 Å². The average molecular weight is 351 g/mol. The Morgan fingerprint density at radius 1 is 1.04 bits per heavy atom. The molecule has 0 unspecified atom stereocenters. The van der Waals surface area contributed by atoms with Crippen LogP contribution in [0, 0.1) is 0 Å². The van der Waals surface area contributed by atoms with E-state index in [1.807, 2.05) is 36.1 Å². The van der Waals surface area contributed by atoms with E-state index in [-0.39, 0.29) is 5.91 Å². The van der Waals surface area contributed by atoms with Crippen LogP contribution < -0.4 is 0 Å².